The summed E-state index contributed by atoms with van der Waals surface area (Å²) >= 11 is 6.06. The molecule has 1 nitrogen and oxygen atoms in total. The van der Waals surface area contributed by atoms with Gasteiger partial charge in [0.2, 0.25) is 0 Å². The molecule has 0 saturated heterocycles. The van der Waals surface area contributed by atoms with Gasteiger partial charge in [-0.3, -0.25) is 0 Å². The number of hydrogen-bond acceptors (Lipinski definition) is 1. The Morgan fingerprint density at radius 1 is 1.33 bits per heavy atom. The molecule has 0 aliphatic carbocycles. The van der Waals surface area contributed by atoms with Crippen molar-refractivity contribution < 1.29 is 0 Å². The molecule has 0 heterocycles. The minimum atomic E-state index is 0.435. The van der Waals surface area contributed by atoms with Crippen LogP contribution >= 0.6 is 11.6 Å². The Kier molecular flexibility index (Phi) is 7.07. The summed E-state index contributed by atoms with van der Waals surface area (Å²) in [7, 11) is 2.03. The fraction of sp³-hybridized carbons (Fsp3) is 0.500. The topological polar surface area (TPSA) is 12.0 Å². The average Bonchev–Trinajstić information content (AvgIpc) is 2.37. The Morgan fingerprint density at radius 3 is 2.72 bits per heavy atom. The van der Waals surface area contributed by atoms with Crippen molar-refractivity contribution in [1.82, 2.24) is 5.32 Å². The van der Waals surface area contributed by atoms with Crippen LogP contribution in [0.4, 0.5) is 0 Å². The zero-order valence-electron chi connectivity index (χ0n) is 11.5. The van der Waals surface area contributed by atoms with Gasteiger partial charge in [-0.25, -0.2) is 0 Å². The standard InChI is InChI=1S/C16H24ClN/c1-4-5-6-7-8-9-16(18-3)14-10-11-15(17)13(2)12-14/h4,10-12,16,18H,1,5-9H2,2-3H3. The normalized spacial score (nSPS) is 12.4. The third-order valence-electron chi connectivity index (χ3n) is 3.33. The number of rotatable bonds is 8. The summed E-state index contributed by atoms with van der Waals surface area (Å²) in [5.74, 6) is 0. The fourth-order valence-electron chi connectivity index (χ4n) is 2.18. The zero-order valence-corrected chi connectivity index (χ0v) is 12.3. The van der Waals surface area contributed by atoms with Gasteiger partial charge in [-0.2, -0.15) is 0 Å². The van der Waals surface area contributed by atoms with E-state index in [0.29, 0.717) is 6.04 Å². The molecular formula is C16H24ClN. The van der Waals surface area contributed by atoms with Crippen LogP contribution < -0.4 is 5.32 Å². The molecule has 0 saturated carbocycles. The molecule has 0 bridgehead atoms. The number of benzene rings is 1. The van der Waals surface area contributed by atoms with E-state index in [2.05, 4.69) is 31.0 Å². The van der Waals surface area contributed by atoms with Gasteiger partial charge in [0.1, 0.15) is 0 Å². The van der Waals surface area contributed by atoms with E-state index in [-0.39, 0.29) is 0 Å². The van der Waals surface area contributed by atoms with Gasteiger partial charge in [0.25, 0.3) is 0 Å². The monoisotopic (exact) mass is 265 g/mol. The molecule has 1 N–H and O–H groups in total. The number of halogens is 1. The summed E-state index contributed by atoms with van der Waals surface area (Å²) in [6.07, 6.45) is 8.08. The van der Waals surface area contributed by atoms with Crippen LogP contribution in [0, 0.1) is 6.92 Å². The second-order valence-electron chi connectivity index (χ2n) is 4.78. The van der Waals surface area contributed by atoms with Crippen LogP contribution in [0.15, 0.2) is 30.9 Å². The fourth-order valence-corrected chi connectivity index (χ4v) is 2.29. The molecule has 0 radical (unpaired) electrons. The quantitative estimate of drug-likeness (QED) is 0.513. The third-order valence-corrected chi connectivity index (χ3v) is 3.76. The maximum absolute atomic E-state index is 6.06. The lowest BCUT2D eigenvalue weighted by atomic mass is 9.98. The summed E-state index contributed by atoms with van der Waals surface area (Å²) in [6, 6.07) is 6.74. The molecule has 0 amide bonds. The lowest BCUT2D eigenvalue weighted by Gasteiger charge is -2.17. The molecule has 0 fully saturated rings. The van der Waals surface area contributed by atoms with Crippen LogP contribution in [0.1, 0.15) is 49.3 Å². The highest BCUT2D eigenvalue weighted by Gasteiger charge is 2.09. The summed E-state index contributed by atoms with van der Waals surface area (Å²) < 4.78 is 0. The van der Waals surface area contributed by atoms with E-state index >= 15 is 0 Å². The first-order chi connectivity index (χ1) is 8.69. The maximum atomic E-state index is 6.06. The summed E-state index contributed by atoms with van der Waals surface area (Å²) in [6.45, 7) is 5.81. The molecule has 0 aliphatic heterocycles. The minimum absolute atomic E-state index is 0.435. The molecule has 0 aliphatic rings. The Balaban J connectivity index is 2.49. The molecule has 1 aromatic rings. The van der Waals surface area contributed by atoms with Gasteiger partial charge in [-0.1, -0.05) is 42.7 Å². The van der Waals surface area contributed by atoms with Crippen molar-refractivity contribution in [2.24, 2.45) is 0 Å². The molecule has 1 aromatic carbocycles. The number of nitrogens with one attached hydrogen (secondary N) is 1. The third kappa shape index (κ3) is 4.83. The Bertz CT molecular complexity index is 373. The number of hydrogen-bond donors (Lipinski definition) is 1. The molecule has 0 aromatic heterocycles. The predicted molar refractivity (Wildman–Crippen MR) is 81.3 cm³/mol. The van der Waals surface area contributed by atoms with Crippen LogP contribution in [-0.4, -0.2) is 7.05 Å². The smallest absolute Gasteiger partial charge is 0.0435 e. The summed E-state index contributed by atoms with van der Waals surface area (Å²) in [4.78, 5) is 0. The van der Waals surface area contributed by atoms with Crippen LogP contribution in [-0.2, 0) is 0 Å². The first-order valence-electron chi connectivity index (χ1n) is 6.73. The molecular weight excluding hydrogens is 242 g/mol. The Labute approximate surface area is 116 Å². The molecule has 18 heavy (non-hydrogen) atoms. The largest absolute Gasteiger partial charge is 0.313 e. The van der Waals surface area contributed by atoms with Gasteiger partial charge in [-0.05, 0) is 50.4 Å². The zero-order chi connectivity index (χ0) is 13.4. The van der Waals surface area contributed by atoms with E-state index < -0.39 is 0 Å². The van der Waals surface area contributed by atoms with Crippen molar-refractivity contribution in [3.05, 3.63) is 47.0 Å². The number of allylic oxidation sites excluding steroid dienone is 1. The summed E-state index contributed by atoms with van der Waals surface area (Å²) in [5, 5.41) is 4.24. The van der Waals surface area contributed by atoms with Gasteiger partial charge in [0, 0.05) is 11.1 Å². The van der Waals surface area contributed by atoms with E-state index in [1.54, 1.807) is 0 Å². The highest BCUT2D eigenvalue weighted by Crippen LogP contribution is 2.24. The van der Waals surface area contributed by atoms with E-state index in [4.69, 9.17) is 11.6 Å². The lowest BCUT2D eigenvalue weighted by molar-refractivity contribution is 0.508. The van der Waals surface area contributed by atoms with E-state index in [0.717, 1.165) is 17.0 Å². The highest BCUT2D eigenvalue weighted by atomic mass is 35.5. The maximum Gasteiger partial charge on any atom is 0.0435 e. The molecule has 1 atom stereocenters. The van der Waals surface area contributed by atoms with Crippen LogP contribution in [0.2, 0.25) is 5.02 Å². The predicted octanol–water partition coefficient (Wildman–Crippen LogP) is 5.05. The van der Waals surface area contributed by atoms with Crippen molar-refractivity contribution in [2.45, 2.75) is 45.1 Å². The van der Waals surface area contributed by atoms with Gasteiger partial charge >= 0.3 is 0 Å². The molecule has 1 rings (SSSR count). The van der Waals surface area contributed by atoms with Crippen molar-refractivity contribution in [1.29, 1.82) is 0 Å². The first kappa shape index (κ1) is 15.3. The number of unbranched alkanes of at least 4 members (excludes halogenated alkanes) is 3. The van der Waals surface area contributed by atoms with Crippen molar-refractivity contribution in [2.75, 3.05) is 7.05 Å². The van der Waals surface area contributed by atoms with Gasteiger partial charge in [0.05, 0.1) is 0 Å². The molecule has 1 unspecified atom stereocenters. The minimum Gasteiger partial charge on any atom is -0.313 e. The summed E-state index contributed by atoms with van der Waals surface area (Å²) in [5.41, 5.74) is 2.49. The van der Waals surface area contributed by atoms with E-state index in [1.165, 1.54) is 31.2 Å². The van der Waals surface area contributed by atoms with Crippen molar-refractivity contribution in [3.8, 4) is 0 Å². The number of aryl methyl sites for hydroxylation is 1. The second kappa shape index (κ2) is 8.34. The van der Waals surface area contributed by atoms with Crippen molar-refractivity contribution >= 4 is 11.6 Å². The van der Waals surface area contributed by atoms with Gasteiger partial charge < -0.3 is 5.32 Å². The lowest BCUT2D eigenvalue weighted by Crippen LogP contribution is -2.16. The SMILES string of the molecule is C=CCCCCCC(NC)c1ccc(Cl)c(C)c1. The molecule has 100 valence electrons. The molecule has 2 heteroatoms. The Hall–Kier alpha value is -0.790. The van der Waals surface area contributed by atoms with E-state index in [9.17, 15) is 0 Å². The van der Waals surface area contributed by atoms with Gasteiger partial charge in [0.15, 0.2) is 0 Å². The molecule has 0 spiro atoms. The first-order valence-corrected chi connectivity index (χ1v) is 7.11. The van der Waals surface area contributed by atoms with Crippen LogP contribution in [0.25, 0.3) is 0 Å². The van der Waals surface area contributed by atoms with Crippen LogP contribution in [0.5, 0.6) is 0 Å². The highest BCUT2D eigenvalue weighted by molar-refractivity contribution is 6.31. The van der Waals surface area contributed by atoms with Crippen molar-refractivity contribution in [3.63, 3.8) is 0 Å². The van der Waals surface area contributed by atoms with Gasteiger partial charge in [-0.15, -0.1) is 6.58 Å². The average molecular weight is 266 g/mol. The Morgan fingerprint density at radius 2 is 2.11 bits per heavy atom. The van der Waals surface area contributed by atoms with E-state index in [1.807, 2.05) is 19.2 Å². The second-order valence-corrected chi connectivity index (χ2v) is 5.18. The van der Waals surface area contributed by atoms with Crippen LogP contribution in [0.3, 0.4) is 0 Å².